The van der Waals surface area contributed by atoms with Crippen molar-refractivity contribution in [2.75, 3.05) is 12.0 Å². The highest BCUT2D eigenvalue weighted by Gasteiger charge is 2.35. The molecule has 0 aliphatic carbocycles. The fraction of sp³-hybridized carbons (Fsp3) is 0.400. The van der Waals surface area contributed by atoms with Crippen LogP contribution in [0.15, 0.2) is 18.7 Å². The number of nitrogens with one attached hydrogen (secondary N) is 1. The fourth-order valence-corrected chi connectivity index (χ4v) is 1.10. The second-order valence-corrected chi connectivity index (χ2v) is 3.34. The monoisotopic (exact) mass is 262 g/mol. The van der Waals surface area contributed by atoms with Gasteiger partial charge in [0.25, 0.3) is 0 Å². The number of rotatable bonds is 6. The van der Waals surface area contributed by atoms with Gasteiger partial charge in [-0.2, -0.15) is 18.2 Å². The topological polar surface area (TPSA) is 73.1 Å². The smallest absolute Gasteiger partial charge is 0.451 e. The van der Waals surface area contributed by atoms with Crippen molar-refractivity contribution < 1.29 is 17.9 Å². The van der Waals surface area contributed by atoms with Crippen LogP contribution in [-0.2, 0) is 6.18 Å². The van der Waals surface area contributed by atoms with Gasteiger partial charge in [0.05, 0.1) is 6.61 Å². The van der Waals surface area contributed by atoms with E-state index >= 15 is 0 Å². The Hall–Kier alpha value is -1.83. The summed E-state index contributed by atoms with van der Waals surface area (Å²) < 4.78 is 42.5. The van der Waals surface area contributed by atoms with E-state index in [-0.39, 0.29) is 18.3 Å². The SMILES string of the molecule is C=CCCCOc1cc(NN)nc(C(F)(F)F)n1. The van der Waals surface area contributed by atoms with Gasteiger partial charge >= 0.3 is 6.18 Å². The normalized spacial score (nSPS) is 11.1. The molecule has 5 nitrogen and oxygen atoms in total. The summed E-state index contributed by atoms with van der Waals surface area (Å²) in [4.78, 5) is 6.47. The first-order valence-electron chi connectivity index (χ1n) is 5.14. The van der Waals surface area contributed by atoms with Crippen LogP contribution in [0.1, 0.15) is 18.7 Å². The summed E-state index contributed by atoms with van der Waals surface area (Å²) in [5.74, 6) is 3.41. The molecule has 0 atom stereocenters. The molecule has 0 aliphatic rings. The van der Waals surface area contributed by atoms with Crippen LogP contribution in [0.4, 0.5) is 19.0 Å². The minimum absolute atomic E-state index is 0.156. The average molecular weight is 262 g/mol. The van der Waals surface area contributed by atoms with E-state index in [1.165, 1.54) is 6.07 Å². The van der Waals surface area contributed by atoms with Gasteiger partial charge in [-0.05, 0) is 12.8 Å². The molecule has 18 heavy (non-hydrogen) atoms. The Morgan fingerprint density at radius 1 is 1.44 bits per heavy atom. The van der Waals surface area contributed by atoms with Crippen LogP contribution in [0.25, 0.3) is 0 Å². The first-order valence-corrected chi connectivity index (χ1v) is 5.14. The third-order valence-corrected chi connectivity index (χ3v) is 1.91. The summed E-state index contributed by atoms with van der Waals surface area (Å²) in [6, 6.07) is 1.20. The molecule has 0 aliphatic heterocycles. The lowest BCUT2D eigenvalue weighted by molar-refractivity contribution is -0.145. The van der Waals surface area contributed by atoms with Crippen molar-refractivity contribution >= 4 is 5.82 Å². The highest BCUT2D eigenvalue weighted by Crippen LogP contribution is 2.28. The molecule has 0 saturated carbocycles. The number of hydrogen-bond donors (Lipinski definition) is 2. The number of aromatic nitrogens is 2. The lowest BCUT2D eigenvalue weighted by atomic mass is 10.3. The highest BCUT2D eigenvalue weighted by atomic mass is 19.4. The van der Waals surface area contributed by atoms with Gasteiger partial charge in [-0.15, -0.1) is 6.58 Å². The Balaban J connectivity index is 2.81. The van der Waals surface area contributed by atoms with Gasteiger partial charge in [0.1, 0.15) is 5.82 Å². The molecule has 0 saturated heterocycles. The molecular formula is C10H13F3N4O. The summed E-state index contributed by atoms with van der Waals surface area (Å²) in [6.07, 6.45) is -1.61. The molecule has 0 unspecified atom stereocenters. The zero-order chi connectivity index (χ0) is 13.6. The number of hydrogen-bond acceptors (Lipinski definition) is 5. The standard InChI is InChI=1S/C10H13F3N4O/c1-2-3-4-5-18-8-6-7(17-14)15-9(16-8)10(11,12)13/h2,6H,1,3-5,14H2,(H,15,16,17). The molecule has 0 aromatic carbocycles. The largest absolute Gasteiger partial charge is 0.478 e. The number of nitrogens with two attached hydrogens (primary N) is 1. The van der Waals surface area contributed by atoms with Crippen LogP contribution in [-0.4, -0.2) is 16.6 Å². The van der Waals surface area contributed by atoms with E-state index in [1.807, 2.05) is 5.43 Å². The van der Waals surface area contributed by atoms with Crippen molar-refractivity contribution in [3.05, 3.63) is 24.5 Å². The summed E-state index contributed by atoms with van der Waals surface area (Å²) in [5.41, 5.74) is 2.03. The van der Waals surface area contributed by atoms with Crippen molar-refractivity contribution in [3.63, 3.8) is 0 Å². The number of anilines is 1. The molecule has 0 fully saturated rings. The maximum absolute atomic E-state index is 12.5. The van der Waals surface area contributed by atoms with Crippen molar-refractivity contribution in [2.24, 2.45) is 5.84 Å². The van der Waals surface area contributed by atoms with Crippen LogP contribution in [0.5, 0.6) is 5.88 Å². The van der Waals surface area contributed by atoms with Gasteiger partial charge in [-0.3, -0.25) is 0 Å². The minimum atomic E-state index is -4.65. The molecular weight excluding hydrogens is 249 g/mol. The maximum Gasteiger partial charge on any atom is 0.451 e. The van der Waals surface area contributed by atoms with Gasteiger partial charge in [-0.25, -0.2) is 10.8 Å². The second kappa shape index (κ2) is 6.20. The quantitative estimate of drug-likeness (QED) is 0.355. The van der Waals surface area contributed by atoms with Gasteiger partial charge in [0.15, 0.2) is 0 Å². The van der Waals surface area contributed by atoms with Crippen LogP contribution in [0.2, 0.25) is 0 Å². The van der Waals surface area contributed by atoms with Gasteiger partial charge in [0, 0.05) is 6.07 Å². The molecule has 100 valence electrons. The number of unbranched alkanes of at least 4 members (excludes halogenated alkanes) is 1. The summed E-state index contributed by atoms with van der Waals surface area (Å²) >= 11 is 0. The Kier molecular flexibility index (Phi) is 4.90. The maximum atomic E-state index is 12.5. The third-order valence-electron chi connectivity index (χ3n) is 1.91. The summed E-state index contributed by atoms with van der Waals surface area (Å²) in [5, 5.41) is 0. The van der Waals surface area contributed by atoms with E-state index in [1.54, 1.807) is 6.08 Å². The zero-order valence-electron chi connectivity index (χ0n) is 9.50. The molecule has 0 spiro atoms. The molecule has 1 heterocycles. The van der Waals surface area contributed by atoms with Gasteiger partial charge in [-0.1, -0.05) is 6.08 Å². The Labute approximate surface area is 102 Å². The van der Waals surface area contributed by atoms with E-state index in [0.29, 0.717) is 12.8 Å². The molecule has 1 rings (SSSR count). The third kappa shape index (κ3) is 4.21. The number of nitrogens with zero attached hydrogens (tertiary/aromatic N) is 2. The molecule has 3 N–H and O–H groups in total. The number of hydrazine groups is 1. The Morgan fingerprint density at radius 3 is 2.72 bits per heavy atom. The molecule has 8 heteroatoms. The summed E-state index contributed by atoms with van der Waals surface area (Å²) in [7, 11) is 0. The lowest BCUT2D eigenvalue weighted by Gasteiger charge is -2.10. The first-order chi connectivity index (χ1) is 8.47. The van der Waals surface area contributed by atoms with Crippen molar-refractivity contribution in [1.29, 1.82) is 0 Å². The minimum Gasteiger partial charge on any atom is -0.478 e. The first kappa shape index (κ1) is 14.2. The van der Waals surface area contributed by atoms with Crippen LogP contribution >= 0.6 is 0 Å². The van der Waals surface area contributed by atoms with Crippen molar-refractivity contribution in [3.8, 4) is 5.88 Å². The number of halogens is 3. The molecule has 0 amide bonds. The molecule has 0 radical (unpaired) electrons. The molecule has 1 aromatic rings. The van der Waals surface area contributed by atoms with Gasteiger partial charge < -0.3 is 10.2 Å². The van der Waals surface area contributed by atoms with E-state index < -0.39 is 12.0 Å². The Bertz CT molecular complexity index is 409. The summed E-state index contributed by atoms with van der Waals surface area (Å²) in [6.45, 7) is 3.76. The number of ether oxygens (including phenoxy) is 1. The van der Waals surface area contributed by atoms with Crippen LogP contribution in [0.3, 0.4) is 0 Å². The molecule has 1 aromatic heterocycles. The van der Waals surface area contributed by atoms with Crippen molar-refractivity contribution in [2.45, 2.75) is 19.0 Å². The predicted molar refractivity (Wildman–Crippen MR) is 59.8 cm³/mol. The van der Waals surface area contributed by atoms with E-state index in [0.717, 1.165) is 0 Å². The Morgan fingerprint density at radius 2 is 2.17 bits per heavy atom. The average Bonchev–Trinajstić information content (AvgIpc) is 2.33. The lowest BCUT2D eigenvalue weighted by Crippen LogP contribution is -2.16. The second-order valence-electron chi connectivity index (χ2n) is 3.34. The van der Waals surface area contributed by atoms with E-state index in [4.69, 9.17) is 10.6 Å². The highest BCUT2D eigenvalue weighted by molar-refractivity contribution is 5.37. The predicted octanol–water partition coefficient (Wildman–Crippen LogP) is 2.13. The van der Waals surface area contributed by atoms with Crippen LogP contribution in [0, 0.1) is 0 Å². The number of alkyl halides is 3. The van der Waals surface area contributed by atoms with E-state index in [9.17, 15) is 13.2 Å². The zero-order valence-corrected chi connectivity index (χ0v) is 9.50. The fourth-order valence-electron chi connectivity index (χ4n) is 1.10. The number of nitrogen functional groups attached to an aromatic ring is 1. The number of allylic oxidation sites excluding steroid dienone is 1. The van der Waals surface area contributed by atoms with Crippen LogP contribution < -0.4 is 16.0 Å². The molecule has 0 bridgehead atoms. The van der Waals surface area contributed by atoms with E-state index in [2.05, 4.69) is 16.5 Å². The van der Waals surface area contributed by atoms with Gasteiger partial charge in [0.2, 0.25) is 11.7 Å². The van der Waals surface area contributed by atoms with Crippen molar-refractivity contribution in [1.82, 2.24) is 9.97 Å².